The summed E-state index contributed by atoms with van der Waals surface area (Å²) in [6.45, 7) is 7.69. The second-order valence-corrected chi connectivity index (χ2v) is 7.61. The minimum Gasteiger partial charge on any atom is -0.342 e. The van der Waals surface area contributed by atoms with Gasteiger partial charge in [0.05, 0.1) is 10.2 Å². The highest BCUT2D eigenvalue weighted by Crippen LogP contribution is 2.29. The molecular formula is C18H21N5O3S. The molecule has 0 bridgehead atoms. The van der Waals surface area contributed by atoms with E-state index < -0.39 is 4.92 Å². The smallest absolute Gasteiger partial charge is 0.270 e. The lowest BCUT2D eigenvalue weighted by Crippen LogP contribution is -2.34. The van der Waals surface area contributed by atoms with Crippen LogP contribution in [0.25, 0.3) is 11.4 Å². The average Bonchev–Trinajstić information content (AvgIpc) is 3.32. The molecule has 0 spiro atoms. The Bertz CT molecular complexity index is 860. The van der Waals surface area contributed by atoms with E-state index in [9.17, 15) is 14.9 Å². The molecule has 0 saturated carbocycles. The zero-order valence-corrected chi connectivity index (χ0v) is 15.9. The molecule has 1 saturated heterocycles. The van der Waals surface area contributed by atoms with Crippen molar-refractivity contribution < 1.29 is 9.72 Å². The normalized spacial score (nSPS) is 14.9. The van der Waals surface area contributed by atoms with E-state index in [0.717, 1.165) is 25.9 Å². The van der Waals surface area contributed by atoms with Gasteiger partial charge in [0.25, 0.3) is 5.69 Å². The van der Waals surface area contributed by atoms with Gasteiger partial charge in [0.2, 0.25) is 5.91 Å². The Morgan fingerprint density at radius 1 is 1.41 bits per heavy atom. The molecule has 0 radical (unpaired) electrons. The predicted octanol–water partition coefficient (Wildman–Crippen LogP) is 3.14. The molecule has 1 fully saturated rings. The fraction of sp³-hybridized carbons (Fsp3) is 0.389. The molecule has 2 aromatic rings. The molecule has 142 valence electrons. The summed E-state index contributed by atoms with van der Waals surface area (Å²) in [6.07, 6.45) is 3.81. The Hall–Kier alpha value is -2.68. The first-order chi connectivity index (χ1) is 13.0. The molecule has 1 aliphatic rings. The van der Waals surface area contributed by atoms with E-state index in [2.05, 4.69) is 16.8 Å². The maximum atomic E-state index is 12.6. The predicted molar refractivity (Wildman–Crippen MR) is 103 cm³/mol. The van der Waals surface area contributed by atoms with Crippen LogP contribution in [0.15, 0.2) is 42.1 Å². The number of aromatic nitrogens is 3. The van der Waals surface area contributed by atoms with Crippen LogP contribution in [0.4, 0.5) is 5.69 Å². The van der Waals surface area contributed by atoms with E-state index in [1.54, 1.807) is 18.2 Å². The fourth-order valence-corrected chi connectivity index (χ4v) is 3.99. The van der Waals surface area contributed by atoms with Crippen molar-refractivity contribution in [1.29, 1.82) is 0 Å². The zero-order chi connectivity index (χ0) is 19.4. The van der Waals surface area contributed by atoms with Gasteiger partial charge in [0.15, 0.2) is 11.0 Å². The minimum atomic E-state index is -0.440. The lowest BCUT2D eigenvalue weighted by molar-refractivity contribution is -0.384. The Kier molecular flexibility index (Phi) is 5.90. The molecule has 1 aliphatic heterocycles. The topological polar surface area (TPSA) is 94.2 Å². The first-order valence-corrected chi connectivity index (χ1v) is 9.63. The quantitative estimate of drug-likeness (QED) is 0.313. The summed E-state index contributed by atoms with van der Waals surface area (Å²) < 4.78 is 1.82. The van der Waals surface area contributed by atoms with Crippen molar-refractivity contribution in [2.75, 3.05) is 13.1 Å². The minimum absolute atomic E-state index is 0.00700. The summed E-state index contributed by atoms with van der Waals surface area (Å²) in [5, 5.41) is 19.8. The number of nitrogens with zero attached hydrogens (tertiary/aromatic N) is 5. The SMILES string of the molecule is C=CCn1c(S[C@@H](C)C(=O)N2CCCC2)nnc1-c1cccc([N+](=O)[O-])c1. The molecule has 1 aromatic heterocycles. The van der Waals surface area contributed by atoms with Crippen LogP contribution in [0.3, 0.4) is 0 Å². The van der Waals surface area contributed by atoms with Gasteiger partial charge in [0.1, 0.15) is 0 Å². The number of carbonyl (C=O) groups is 1. The highest BCUT2D eigenvalue weighted by Gasteiger charge is 2.26. The number of hydrogen-bond acceptors (Lipinski definition) is 6. The lowest BCUT2D eigenvalue weighted by Gasteiger charge is -2.19. The van der Waals surface area contributed by atoms with Crippen LogP contribution in [0.2, 0.25) is 0 Å². The van der Waals surface area contributed by atoms with E-state index in [-0.39, 0.29) is 16.8 Å². The average molecular weight is 387 g/mol. The van der Waals surface area contributed by atoms with Crippen molar-refractivity contribution >= 4 is 23.4 Å². The zero-order valence-electron chi connectivity index (χ0n) is 15.1. The number of non-ortho nitro benzene ring substituents is 1. The van der Waals surface area contributed by atoms with Gasteiger partial charge in [-0.25, -0.2) is 0 Å². The summed E-state index contributed by atoms with van der Waals surface area (Å²) in [7, 11) is 0. The van der Waals surface area contributed by atoms with Gasteiger partial charge in [-0.3, -0.25) is 19.5 Å². The number of carbonyl (C=O) groups excluding carboxylic acids is 1. The third-order valence-corrected chi connectivity index (χ3v) is 5.46. The molecular weight excluding hydrogens is 366 g/mol. The van der Waals surface area contributed by atoms with E-state index in [0.29, 0.717) is 23.1 Å². The highest BCUT2D eigenvalue weighted by atomic mass is 32.2. The summed E-state index contributed by atoms with van der Waals surface area (Å²) in [5.74, 6) is 0.615. The molecule has 1 amide bonds. The van der Waals surface area contributed by atoms with Gasteiger partial charge < -0.3 is 4.90 Å². The third-order valence-electron chi connectivity index (χ3n) is 4.39. The highest BCUT2D eigenvalue weighted by molar-refractivity contribution is 8.00. The molecule has 0 aliphatic carbocycles. The number of allylic oxidation sites excluding steroid dienone is 1. The number of nitro benzene ring substituents is 1. The molecule has 8 nitrogen and oxygen atoms in total. The molecule has 2 heterocycles. The Morgan fingerprint density at radius 2 is 2.15 bits per heavy atom. The van der Waals surface area contributed by atoms with Crippen molar-refractivity contribution in [3.63, 3.8) is 0 Å². The van der Waals surface area contributed by atoms with Gasteiger partial charge in [-0.2, -0.15) is 0 Å². The summed E-state index contributed by atoms with van der Waals surface area (Å²) in [5.41, 5.74) is 0.594. The van der Waals surface area contributed by atoms with Crippen LogP contribution in [0.1, 0.15) is 19.8 Å². The molecule has 1 atom stereocenters. The van der Waals surface area contributed by atoms with Crippen LogP contribution in [-0.4, -0.2) is 48.8 Å². The van der Waals surface area contributed by atoms with Crippen molar-refractivity contribution in [3.8, 4) is 11.4 Å². The van der Waals surface area contributed by atoms with Gasteiger partial charge in [-0.05, 0) is 19.8 Å². The van der Waals surface area contributed by atoms with Crippen LogP contribution >= 0.6 is 11.8 Å². The van der Waals surface area contributed by atoms with E-state index in [1.807, 2.05) is 16.4 Å². The maximum absolute atomic E-state index is 12.6. The summed E-state index contributed by atoms with van der Waals surface area (Å²) in [6, 6.07) is 6.28. The third kappa shape index (κ3) is 4.19. The summed E-state index contributed by atoms with van der Waals surface area (Å²) >= 11 is 1.35. The van der Waals surface area contributed by atoms with Crippen molar-refractivity contribution in [2.45, 2.75) is 36.7 Å². The second kappa shape index (κ2) is 8.34. The Labute approximate surface area is 161 Å². The Balaban J connectivity index is 1.86. The largest absolute Gasteiger partial charge is 0.342 e. The van der Waals surface area contributed by atoms with Crippen LogP contribution in [-0.2, 0) is 11.3 Å². The number of rotatable bonds is 7. The van der Waals surface area contributed by atoms with Crippen molar-refractivity contribution in [3.05, 3.63) is 47.0 Å². The van der Waals surface area contributed by atoms with Gasteiger partial charge in [-0.15, -0.1) is 16.8 Å². The number of likely N-dealkylation sites (tertiary alicyclic amines) is 1. The molecule has 3 rings (SSSR count). The number of thioether (sulfide) groups is 1. The van der Waals surface area contributed by atoms with Gasteiger partial charge >= 0.3 is 0 Å². The number of amides is 1. The maximum Gasteiger partial charge on any atom is 0.270 e. The van der Waals surface area contributed by atoms with Gasteiger partial charge in [-0.1, -0.05) is 30.0 Å². The van der Waals surface area contributed by atoms with Crippen LogP contribution in [0, 0.1) is 10.1 Å². The number of benzene rings is 1. The van der Waals surface area contributed by atoms with Crippen LogP contribution in [0.5, 0.6) is 0 Å². The number of nitro groups is 1. The Morgan fingerprint density at radius 3 is 2.81 bits per heavy atom. The molecule has 0 N–H and O–H groups in total. The van der Waals surface area contributed by atoms with Gasteiger partial charge in [0, 0.05) is 37.3 Å². The van der Waals surface area contributed by atoms with Crippen LogP contribution < -0.4 is 0 Å². The summed E-state index contributed by atoms with van der Waals surface area (Å²) in [4.78, 5) is 25.1. The molecule has 9 heteroatoms. The lowest BCUT2D eigenvalue weighted by atomic mass is 10.2. The van der Waals surface area contributed by atoms with E-state index in [1.165, 1.54) is 23.9 Å². The van der Waals surface area contributed by atoms with E-state index in [4.69, 9.17) is 0 Å². The van der Waals surface area contributed by atoms with Crippen molar-refractivity contribution in [2.24, 2.45) is 0 Å². The fourth-order valence-electron chi connectivity index (χ4n) is 3.04. The molecule has 1 aromatic carbocycles. The number of hydrogen-bond donors (Lipinski definition) is 0. The first kappa shape index (κ1) is 19.1. The first-order valence-electron chi connectivity index (χ1n) is 8.75. The standard InChI is InChI=1S/C18H21N5O3S/c1-3-9-22-16(14-7-6-8-15(12-14)23(25)26)19-20-18(22)27-13(2)17(24)21-10-4-5-11-21/h3,6-8,12-13H,1,4-5,9-11H2,2H3/t13-/m0/s1. The second-order valence-electron chi connectivity index (χ2n) is 6.31. The van der Waals surface area contributed by atoms with Crippen molar-refractivity contribution in [1.82, 2.24) is 19.7 Å². The molecule has 0 unspecified atom stereocenters. The van der Waals surface area contributed by atoms with E-state index >= 15 is 0 Å². The molecule has 27 heavy (non-hydrogen) atoms. The monoisotopic (exact) mass is 387 g/mol.